The minimum absolute atomic E-state index is 0.721. The van der Waals surface area contributed by atoms with Crippen molar-refractivity contribution >= 4 is 17.7 Å². The lowest BCUT2D eigenvalue weighted by Gasteiger charge is -2.50. The zero-order valence-electron chi connectivity index (χ0n) is 40.9. The molecular weight excluding hydrogens is 1040 g/mol. The van der Waals surface area contributed by atoms with E-state index < -0.39 is 241 Å². The molecule has 13 unspecified atom stereocenters. The van der Waals surface area contributed by atoms with E-state index >= 15 is 0 Å². The average Bonchev–Trinajstić information content (AvgIpc) is 3.38. The Morgan fingerprint density at radius 3 is 1.24 bits per heavy atom. The van der Waals surface area contributed by atoms with E-state index in [9.17, 15) is 101 Å². The smallest absolute Gasteiger partial charge is 0.217 e. The van der Waals surface area contributed by atoms with E-state index in [1.165, 1.54) is 0 Å². The molecule has 6 saturated heterocycles. The van der Waals surface area contributed by atoms with Crippen LogP contribution in [0, 0.1) is 0 Å². The highest BCUT2D eigenvalue weighted by atomic mass is 16.8. The van der Waals surface area contributed by atoms with Crippen molar-refractivity contribution in [3.05, 3.63) is 0 Å². The number of aliphatic hydroxyl groups is 17. The fraction of sp³-hybridized carbons (Fsp3) is 0.929. The molecule has 0 aliphatic carbocycles. The molecule has 0 bridgehead atoms. The van der Waals surface area contributed by atoms with Crippen molar-refractivity contribution in [1.29, 1.82) is 0 Å². The molecule has 30 atom stereocenters. The van der Waals surface area contributed by atoms with Gasteiger partial charge in [0.15, 0.2) is 37.7 Å². The molecule has 6 rings (SSSR count). The maximum Gasteiger partial charge on any atom is 0.217 e. The molecule has 20 N–H and O–H groups in total. The highest BCUT2D eigenvalue weighted by molar-refractivity contribution is 5.74. The molecule has 3 amide bonds. The second-order valence-electron chi connectivity index (χ2n) is 19.0. The first-order valence-corrected chi connectivity index (χ1v) is 24.1. The lowest BCUT2D eigenvalue weighted by atomic mass is 9.94. The Bertz CT molecular complexity index is 1870. The maximum absolute atomic E-state index is 12.6. The summed E-state index contributed by atoms with van der Waals surface area (Å²) in [7, 11) is 0. The molecule has 6 fully saturated rings. The predicted molar refractivity (Wildman–Crippen MR) is 234 cm³/mol. The van der Waals surface area contributed by atoms with Crippen molar-refractivity contribution in [2.75, 3.05) is 39.6 Å². The largest absolute Gasteiger partial charge is 0.394 e. The first-order valence-electron chi connectivity index (χ1n) is 24.1. The number of nitrogens with one attached hydrogen (secondary N) is 3. The number of carbonyl (C=O) groups is 3. The molecule has 0 aromatic carbocycles. The van der Waals surface area contributed by atoms with Crippen molar-refractivity contribution in [2.45, 2.75) is 205 Å². The Balaban J connectivity index is 1.30. The van der Waals surface area contributed by atoms with Gasteiger partial charge in [0.25, 0.3) is 0 Å². The maximum atomic E-state index is 12.6. The van der Waals surface area contributed by atoms with Gasteiger partial charge in [-0.15, -0.1) is 0 Å². The minimum Gasteiger partial charge on any atom is -0.394 e. The number of amides is 3. The lowest BCUT2D eigenvalue weighted by molar-refractivity contribution is -0.387. The second-order valence-corrected chi connectivity index (χ2v) is 19.0. The van der Waals surface area contributed by atoms with Gasteiger partial charge < -0.3 is 155 Å². The topological polar surface area (TPSA) is 533 Å². The van der Waals surface area contributed by atoms with E-state index in [4.69, 9.17) is 52.1 Å². The quantitative estimate of drug-likeness (QED) is 0.0571. The minimum atomic E-state index is -2.29. The van der Waals surface area contributed by atoms with Crippen LogP contribution in [0.3, 0.4) is 0 Å². The first-order chi connectivity index (χ1) is 35.9. The van der Waals surface area contributed by atoms with Gasteiger partial charge in [-0.25, -0.2) is 0 Å². The Hall–Kier alpha value is -2.71. The van der Waals surface area contributed by atoms with Gasteiger partial charge in [0, 0.05) is 20.8 Å². The van der Waals surface area contributed by atoms with Crippen LogP contribution in [0.15, 0.2) is 0 Å². The molecule has 34 heteroatoms. The molecule has 6 aliphatic heterocycles. The number of rotatable bonds is 19. The van der Waals surface area contributed by atoms with Gasteiger partial charge in [0.2, 0.25) is 17.7 Å². The van der Waals surface area contributed by atoms with Gasteiger partial charge in [0.1, 0.15) is 146 Å². The summed E-state index contributed by atoms with van der Waals surface area (Å²) in [6, 6.07) is -4.92. The molecule has 0 saturated carbocycles. The lowest BCUT2D eigenvalue weighted by Crippen LogP contribution is -2.70. The third-order valence-corrected chi connectivity index (χ3v) is 13.6. The normalized spacial score (nSPS) is 48.2. The molecule has 34 nitrogen and oxygen atoms in total. The fourth-order valence-electron chi connectivity index (χ4n) is 9.60. The number of aliphatic hydroxyl groups excluding tert-OH is 17. The zero-order valence-corrected chi connectivity index (χ0v) is 40.9. The first kappa shape index (κ1) is 62.5. The molecular formula is C42H71N3O31. The van der Waals surface area contributed by atoms with Gasteiger partial charge in [-0.1, -0.05) is 0 Å². The van der Waals surface area contributed by atoms with Gasteiger partial charge in [0.05, 0.1) is 39.6 Å². The zero-order chi connectivity index (χ0) is 56.2. The molecule has 6 aliphatic rings. The third kappa shape index (κ3) is 13.7. The fourth-order valence-corrected chi connectivity index (χ4v) is 9.60. The summed E-state index contributed by atoms with van der Waals surface area (Å²) in [5, 5.41) is 190. The van der Waals surface area contributed by atoms with E-state index in [2.05, 4.69) is 16.0 Å². The van der Waals surface area contributed by atoms with Crippen LogP contribution in [-0.4, -0.2) is 328 Å². The number of hydrogen-bond donors (Lipinski definition) is 20. The van der Waals surface area contributed by atoms with E-state index in [-0.39, 0.29) is 0 Å². The van der Waals surface area contributed by atoms with Crippen molar-refractivity contribution < 1.29 is 153 Å². The summed E-state index contributed by atoms with van der Waals surface area (Å²) in [6.07, 6.45) is -51.6. The second kappa shape index (κ2) is 27.2. The van der Waals surface area contributed by atoms with Crippen molar-refractivity contribution in [3.8, 4) is 0 Å². The average molecular weight is 1110 g/mol. The van der Waals surface area contributed by atoms with Crippen molar-refractivity contribution in [2.24, 2.45) is 0 Å². The van der Waals surface area contributed by atoms with Gasteiger partial charge in [-0.05, 0) is 0 Å². The Labute approximate surface area is 431 Å². The van der Waals surface area contributed by atoms with E-state index in [0.717, 1.165) is 20.8 Å². The van der Waals surface area contributed by atoms with Crippen LogP contribution in [0.2, 0.25) is 0 Å². The van der Waals surface area contributed by atoms with Crippen LogP contribution >= 0.6 is 0 Å². The molecule has 0 aromatic rings. The van der Waals surface area contributed by atoms with Gasteiger partial charge in [-0.3, -0.25) is 14.4 Å². The molecule has 76 heavy (non-hydrogen) atoms. The molecule has 0 aromatic heterocycles. The van der Waals surface area contributed by atoms with Crippen LogP contribution in [0.25, 0.3) is 0 Å². The van der Waals surface area contributed by atoms with Crippen molar-refractivity contribution in [3.63, 3.8) is 0 Å². The summed E-state index contributed by atoms with van der Waals surface area (Å²) in [6.45, 7) is -2.65. The summed E-state index contributed by atoms with van der Waals surface area (Å²) >= 11 is 0. The number of hydrogen-bond acceptors (Lipinski definition) is 31. The molecule has 440 valence electrons. The van der Waals surface area contributed by atoms with E-state index in [0.29, 0.717) is 0 Å². The summed E-state index contributed by atoms with van der Waals surface area (Å²) in [4.78, 5) is 36.7. The highest BCUT2D eigenvalue weighted by Crippen LogP contribution is 2.36. The summed E-state index contributed by atoms with van der Waals surface area (Å²) < 4.78 is 63.6. The third-order valence-electron chi connectivity index (χ3n) is 13.6. The van der Waals surface area contributed by atoms with E-state index in [1.807, 2.05) is 0 Å². The molecule has 0 radical (unpaired) electrons. The van der Waals surface area contributed by atoms with Crippen molar-refractivity contribution in [1.82, 2.24) is 16.0 Å². The van der Waals surface area contributed by atoms with E-state index in [1.54, 1.807) is 0 Å². The van der Waals surface area contributed by atoms with Crippen LogP contribution in [0.4, 0.5) is 0 Å². The Kier molecular flexibility index (Phi) is 22.3. The summed E-state index contributed by atoms with van der Waals surface area (Å²) in [5.74, 6) is -2.33. The number of ether oxygens (including phenoxy) is 11. The summed E-state index contributed by atoms with van der Waals surface area (Å²) in [5.41, 5.74) is 0. The standard InChI is InChI=1S/C42H71N3O31/c1-10(51)43-19-27(59)33(16(7-49)67-37(19)65)73-39-21(45-12(3)53)28(60)34(17(8-50)71-39)74-41-32(64)35(75-40-31(63)29(61)23(55)14(5-47)69-40)25(57)18(72-41)9-66-42-36(30(62)24(56)15(6-48)70-42)76-38-20(44-11(2)52)26(58)22(54)13(4-46)68-38/h13-42,46-50,54-65H,4-9H2,1-3H3,(H,43,51)(H,44,52)(H,45,53)/t13?,14?,15?,16?,17?,18?,19?,20?,21?,22-,23-,24-,25-,26-,27-,28-,29+,30+,31?,32?,33-,34-,35+,36?,37?,38+,39+,40-,41+,42+/m1/s1. The predicted octanol–water partition coefficient (Wildman–Crippen LogP) is -13.7. The highest BCUT2D eigenvalue weighted by Gasteiger charge is 2.57. The SMILES string of the molecule is CC(=O)NC1[C@H](OC2[C@@H](OCC3O[C@@H](O[C@@H]4C(CO)O[C@@H](O[C@@H]5C(CO)OC(O)C(NC(C)=O)[C@H]5O)C(NC(C)=O)[C@H]4O)C(O)[C@@H](O[C@H]4OC(CO)[C@@H](O)[C@H](O)C4O)[C@@H]3O)OC(CO)[C@@H](O)[C@@H]2O)OC(CO)[C@@H](O)[C@@H]1O. The monoisotopic (exact) mass is 1110 g/mol. The van der Waals surface area contributed by atoms with Crippen LogP contribution < -0.4 is 16.0 Å². The Morgan fingerprint density at radius 1 is 0.342 bits per heavy atom. The van der Waals surface area contributed by atoms with Gasteiger partial charge >= 0.3 is 0 Å². The van der Waals surface area contributed by atoms with Crippen LogP contribution in [0.5, 0.6) is 0 Å². The molecule has 6 heterocycles. The van der Waals surface area contributed by atoms with Gasteiger partial charge in [-0.2, -0.15) is 0 Å². The Morgan fingerprint density at radius 2 is 0.711 bits per heavy atom. The van der Waals surface area contributed by atoms with Crippen LogP contribution in [0.1, 0.15) is 20.8 Å². The number of carbonyl (C=O) groups excluding carboxylic acids is 3. The van der Waals surface area contributed by atoms with Crippen LogP contribution in [-0.2, 0) is 66.5 Å². The molecule has 0 spiro atoms.